The Bertz CT molecular complexity index is 478. The molecule has 0 radical (unpaired) electrons. The highest BCUT2D eigenvalue weighted by Crippen LogP contribution is 2.35. The molecule has 17 heavy (non-hydrogen) atoms. The zero-order valence-corrected chi connectivity index (χ0v) is 10.1. The summed E-state index contributed by atoms with van der Waals surface area (Å²) < 4.78 is 0. The first-order chi connectivity index (χ1) is 8.43. The maximum Gasteiger partial charge on any atom is -0.0162 e. The second kappa shape index (κ2) is 4.75. The predicted molar refractivity (Wildman–Crippen MR) is 73.1 cm³/mol. The fourth-order valence-electron chi connectivity index (χ4n) is 2.86. The van der Waals surface area contributed by atoms with Gasteiger partial charge in [0.25, 0.3) is 0 Å². The molecule has 1 saturated carbocycles. The quantitative estimate of drug-likeness (QED) is 0.670. The fourth-order valence-corrected chi connectivity index (χ4v) is 2.86. The van der Waals surface area contributed by atoms with Gasteiger partial charge >= 0.3 is 0 Å². The molecule has 0 amide bonds. The lowest BCUT2D eigenvalue weighted by atomic mass is 9.94. The first-order valence-electron chi connectivity index (χ1n) is 6.59. The molecule has 0 heteroatoms. The Morgan fingerprint density at radius 2 is 1.41 bits per heavy atom. The molecule has 0 atom stereocenters. The largest absolute Gasteiger partial charge is 0.0622 e. The van der Waals surface area contributed by atoms with Crippen molar-refractivity contribution in [3.63, 3.8) is 0 Å². The third-order valence-corrected chi connectivity index (χ3v) is 3.82. The average molecular weight is 222 g/mol. The van der Waals surface area contributed by atoms with Crippen molar-refractivity contribution in [1.82, 2.24) is 0 Å². The molecule has 1 fully saturated rings. The average Bonchev–Trinajstić information content (AvgIpc) is 2.94. The van der Waals surface area contributed by atoms with Crippen LogP contribution < -0.4 is 0 Å². The van der Waals surface area contributed by atoms with Crippen molar-refractivity contribution >= 4 is 0 Å². The van der Waals surface area contributed by atoms with Gasteiger partial charge in [-0.1, -0.05) is 67.4 Å². The molecule has 1 aliphatic carbocycles. The minimum Gasteiger partial charge on any atom is -0.0622 e. The molecule has 2 aromatic rings. The van der Waals surface area contributed by atoms with Gasteiger partial charge in [0, 0.05) is 0 Å². The standard InChI is InChI=1S/C17H18/c1-2-7-14(8-3-1)16-11-6-12-17(13-16)15-9-4-5-10-15/h1-3,6-8,11-13,15H,4-5,9-10H2. The van der Waals surface area contributed by atoms with Crippen molar-refractivity contribution in [2.24, 2.45) is 0 Å². The van der Waals surface area contributed by atoms with E-state index in [4.69, 9.17) is 0 Å². The number of rotatable bonds is 2. The molecule has 3 rings (SSSR count). The molecule has 1 aliphatic rings. The SMILES string of the molecule is c1ccc(-c2cccc(C3CCCC3)c2)cc1. The third kappa shape index (κ3) is 2.26. The summed E-state index contributed by atoms with van der Waals surface area (Å²) >= 11 is 0. The Morgan fingerprint density at radius 3 is 2.18 bits per heavy atom. The van der Waals surface area contributed by atoms with Crippen LogP contribution in [0, 0.1) is 0 Å². The van der Waals surface area contributed by atoms with E-state index in [0.29, 0.717) is 0 Å². The smallest absolute Gasteiger partial charge is 0.0162 e. The van der Waals surface area contributed by atoms with E-state index in [-0.39, 0.29) is 0 Å². The molecule has 0 nitrogen and oxygen atoms in total. The number of benzene rings is 2. The Labute approximate surface area is 103 Å². The molecule has 0 N–H and O–H groups in total. The van der Waals surface area contributed by atoms with E-state index in [2.05, 4.69) is 54.6 Å². The van der Waals surface area contributed by atoms with Crippen LogP contribution in [-0.2, 0) is 0 Å². The summed E-state index contributed by atoms with van der Waals surface area (Å²) in [6.45, 7) is 0. The van der Waals surface area contributed by atoms with Gasteiger partial charge in [0.2, 0.25) is 0 Å². The van der Waals surface area contributed by atoms with E-state index in [1.54, 1.807) is 0 Å². The van der Waals surface area contributed by atoms with E-state index in [1.165, 1.54) is 42.4 Å². The maximum absolute atomic E-state index is 2.38. The Morgan fingerprint density at radius 1 is 0.706 bits per heavy atom. The normalized spacial score (nSPS) is 16.2. The van der Waals surface area contributed by atoms with Crippen molar-refractivity contribution < 1.29 is 0 Å². The fraction of sp³-hybridized carbons (Fsp3) is 0.294. The second-order valence-electron chi connectivity index (χ2n) is 4.97. The summed E-state index contributed by atoms with van der Waals surface area (Å²) in [6, 6.07) is 19.8. The van der Waals surface area contributed by atoms with Gasteiger partial charge < -0.3 is 0 Å². The number of hydrogen-bond donors (Lipinski definition) is 0. The lowest BCUT2D eigenvalue weighted by molar-refractivity contribution is 0.723. The topological polar surface area (TPSA) is 0 Å². The summed E-state index contributed by atoms with van der Waals surface area (Å²) in [7, 11) is 0. The molecular weight excluding hydrogens is 204 g/mol. The first-order valence-corrected chi connectivity index (χ1v) is 6.59. The lowest BCUT2D eigenvalue weighted by Gasteiger charge is -2.11. The van der Waals surface area contributed by atoms with Crippen LogP contribution in [0.25, 0.3) is 11.1 Å². The minimum absolute atomic E-state index is 0.804. The van der Waals surface area contributed by atoms with Crippen molar-refractivity contribution in [1.29, 1.82) is 0 Å². The predicted octanol–water partition coefficient (Wildman–Crippen LogP) is 5.01. The highest BCUT2D eigenvalue weighted by atomic mass is 14.2. The third-order valence-electron chi connectivity index (χ3n) is 3.82. The van der Waals surface area contributed by atoms with Crippen LogP contribution in [0.4, 0.5) is 0 Å². The van der Waals surface area contributed by atoms with Crippen LogP contribution in [0.1, 0.15) is 37.2 Å². The molecule has 0 saturated heterocycles. The summed E-state index contributed by atoms with van der Waals surface area (Å²) in [5, 5.41) is 0. The van der Waals surface area contributed by atoms with Gasteiger partial charge in [0.05, 0.1) is 0 Å². The van der Waals surface area contributed by atoms with E-state index in [9.17, 15) is 0 Å². The molecule has 0 aromatic heterocycles. The Hall–Kier alpha value is -1.56. The zero-order valence-electron chi connectivity index (χ0n) is 10.1. The van der Waals surface area contributed by atoms with Crippen molar-refractivity contribution in [3.8, 4) is 11.1 Å². The van der Waals surface area contributed by atoms with Gasteiger partial charge in [-0.3, -0.25) is 0 Å². The van der Waals surface area contributed by atoms with Crippen molar-refractivity contribution in [3.05, 3.63) is 60.2 Å². The second-order valence-corrected chi connectivity index (χ2v) is 4.97. The molecule has 0 bridgehead atoms. The van der Waals surface area contributed by atoms with E-state index in [1.807, 2.05) is 0 Å². The monoisotopic (exact) mass is 222 g/mol. The van der Waals surface area contributed by atoms with E-state index < -0.39 is 0 Å². The number of hydrogen-bond acceptors (Lipinski definition) is 0. The molecular formula is C17H18. The lowest BCUT2D eigenvalue weighted by Crippen LogP contribution is -1.92. The molecule has 0 spiro atoms. The van der Waals surface area contributed by atoms with Gasteiger partial charge in [-0.05, 0) is 35.4 Å². The first kappa shape index (κ1) is 10.6. The Kier molecular flexibility index (Phi) is 2.96. The van der Waals surface area contributed by atoms with E-state index in [0.717, 1.165) is 5.92 Å². The van der Waals surface area contributed by atoms with Crippen LogP contribution in [-0.4, -0.2) is 0 Å². The highest BCUT2D eigenvalue weighted by molar-refractivity contribution is 5.64. The van der Waals surface area contributed by atoms with Crippen LogP contribution in [0.5, 0.6) is 0 Å². The molecule has 0 aliphatic heterocycles. The van der Waals surface area contributed by atoms with Crippen LogP contribution in [0.2, 0.25) is 0 Å². The van der Waals surface area contributed by atoms with Crippen LogP contribution >= 0.6 is 0 Å². The van der Waals surface area contributed by atoms with Crippen molar-refractivity contribution in [2.45, 2.75) is 31.6 Å². The summed E-state index contributed by atoms with van der Waals surface area (Å²) in [4.78, 5) is 0. The van der Waals surface area contributed by atoms with Crippen molar-refractivity contribution in [2.75, 3.05) is 0 Å². The Balaban J connectivity index is 1.94. The molecule has 0 unspecified atom stereocenters. The summed E-state index contributed by atoms with van der Waals surface area (Å²) in [6.07, 6.45) is 5.55. The van der Waals surface area contributed by atoms with Gasteiger partial charge in [-0.2, -0.15) is 0 Å². The van der Waals surface area contributed by atoms with Gasteiger partial charge in [0.1, 0.15) is 0 Å². The maximum atomic E-state index is 2.38. The van der Waals surface area contributed by atoms with Crippen LogP contribution in [0.3, 0.4) is 0 Å². The zero-order chi connectivity index (χ0) is 11.5. The van der Waals surface area contributed by atoms with Gasteiger partial charge in [-0.25, -0.2) is 0 Å². The summed E-state index contributed by atoms with van der Waals surface area (Å²) in [5.41, 5.74) is 4.21. The molecule has 86 valence electrons. The molecule has 0 heterocycles. The highest BCUT2D eigenvalue weighted by Gasteiger charge is 2.16. The molecule has 2 aromatic carbocycles. The minimum atomic E-state index is 0.804. The van der Waals surface area contributed by atoms with Crippen LogP contribution in [0.15, 0.2) is 54.6 Å². The summed E-state index contributed by atoms with van der Waals surface area (Å²) in [5.74, 6) is 0.804. The van der Waals surface area contributed by atoms with Gasteiger partial charge in [0.15, 0.2) is 0 Å². The van der Waals surface area contributed by atoms with E-state index >= 15 is 0 Å². The van der Waals surface area contributed by atoms with Gasteiger partial charge in [-0.15, -0.1) is 0 Å².